The van der Waals surface area contributed by atoms with Crippen LogP contribution in [0.4, 0.5) is 4.79 Å². The Labute approximate surface area is 192 Å². The number of benzene rings is 2. The molecule has 2 aromatic rings. The molecule has 0 aromatic heterocycles. The maximum absolute atomic E-state index is 12.9. The summed E-state index contributed by atoms with van der Waals surface area (Å²) >= 11 is 14.0. The maximum atomic E-state index is 12.9. The summed E-state index contributed by atoms with van der Waals surface area (Å²) in [5, 5.41) is 0.0258. The zero-order valence-electron chi connectivity index (χ0n) is 14.8. The van der Waals surface area contributed by atoms with E-state index in [0.29, 0.717) is 38.3 Å². The second-order valence-electron chi connectivity index (χ2n) is 6.07. The third-order valence-electron chi connectivity index (χ3n) is 4.27. The molecule has 1 fully saturated rings. The van der Waals surface area contributed by atoms with Crippen LogP contribution in [0.1, 0.15) is 11.1 Å². The number of rotatable bonds is 4. The highest BCUT2D eigenvalue weighted by molar-refractivity contribution is 9.11. The lowest BCUT2D eigenvalue weighted by atomic mass is 10.1. The van der Waals surface area contributed by atoms with Gasteiger partial charge in [-0.15, -0.1) is 0 Å². The Morgan fingerprint density at radius 3 is 2.66 bits per heavy atom. The monoisotopic (exact) mass is 559 g/mol. The Kier molecular flexibility index (Phi) is 5.83. The summed E-state index contributed by atoms with van der Waals surface area (Å²) in [6.07, 6.45) is 1.64. The van der Waals surface area contributed by atoms with Crippen molar-refractivity contribution < 1.29 is 23.8 Å². The van der Waals surface area contributed by atoms with Crippen molar-refractivity contribution in [3.05, 3.63) is 54.3 Å². The summed E-state index contributed by atoms with van der Waals surface area (Å²) in [7, 11) is 1.54. The van der Waals surface area contributed by atoms with Crippen LogP contribution in [0.3, 0.4) is 0 Å². The summed E-state index contributed by atoms with van der Waals surface area (Å²) < 4.78 is 17.6. The molecule has 0 saturated carbocycles. The molecular weight excluding hydrogens is 550 g/mol. The van der Waals surface area contributed by atoms with Crippen LogP contribution < -0.4 is 14.2 Å². The fraction of sp³-hybridized carbons (Fsp3) is 0.158. The molecule has 0 radical (unpaired) electrons. The normalized spacial score (nSPS) is 16.8. The van der Waals surface area contributed by atoms with E-state index in [9.17, 15) is 9.59 Å². The first-order valence-electron chi connectivity index (χ1n) is 8.24. The number of nitrogens with zero attached hydrogens (tertiary/aromatic N) is 1. The Morgan fingerprint density at radius 1 is 1.21 bits per heavy atom. The lowest BCUT2D eigenvalue weighted by Crippen LogP contribution is -2.27. The Morgan fingerprint density at radius 2 is 1.93 bits per heavy atom. The minimum Gasteiger partial charge on any atom is -0.495 e. The number of halogens is 3. The van der Waals surface area contributed by atoms with Gasteiger partial charge in [-0.1, -0.05) is 27.5 Å². The van der Waals surface area contributed by atoms with Gasteiger partial charge in [0.05, 0.1) is 23.0 Å². The Bertz CT molecular complexity index is 1080. The molecular formula is C19H12Br2ClNO5S. The van der Waals surface area contributed by atoms with E-state index in [4.69, 9.17) is 25.8 Å². The second-order valence-corrected chi connectivity index (χ2v) is 9.25. The molecule has 150 valence electrons. The predicted octanol–water partition coefficient (Wildman–Crippen LogP) is 5.84. The lowest BCUT2D eigenvalue weighted by molar-refractivity contribution is -0.123. The van der Waals surface area contributed by atoms with Gasteiger partial charge in [-0.05, 0) is 57.5 Å². The van der Waals surface area contributed by atoms with Crippen molar-refractivity contribution >= 4 is 72.4 Å². The molecule has 0 N–H and O–H groups in total. The predicted molar refractivity (Wildman–Crippen MR) is 117 cm³/mol. The van der Waals surface area contributed by atoms with E-state index in [0.717, 1.165) is 25.6 Å². The van der Waals surface area contributed by atoms with E-state index in [1.165, 1.54) is 0 Å². The summed E-state index contributed by atoms with van der Waals surface area (Å²) in [6.45, 7) is 0.153. The van der Waals surface area contributed by atoms with Gasteiger partial charge < -0.3 is 14.2 Å². The molecule has 0 atom stereocenters. The van der Waals surface area contributed by atoms with Crippen LogP contribution in [-0.2, 0) is 11.3 Å². The molecule has 2 amide bonds. The molecule has 1 saturated heterocycles. The summed E-state index contributed by atoms with van der Waals surface area (Å²) in [4.78, 5) is 26.8. The van der Waals surface area contributed by atoms with Crippen molar-refractivity contribution in [1.29, 1.82) is 0 Å². The molecule has 6 nitrogen and oxygen atoms in total. The van der Waals surface area contributed by atoms with Crippen molar-refractivity contribution in [1.82, 2.24) is 4.90 Å². The number of hydrogen-bond acceptors (Lipinski definition) is 6. The highest BCUT2D eigenvalue weighted by Crippen LogP contribution is 2.41. The first-order chi connectivity index (χ1) is 13.9. The highest BCUT2D eigenvalue weighted by atomic mass is 79.9. The van der Waals surface area contributed by atoms with Crippen molar-refractivity contribution in [2.45, 2.75) is 6.54 Å². The van der Waals surface area contributed by atoms with Gasteiger partial charge >= 0.3 is 0 Å². The van der Waals surface area contributed by atoms with Crippen molar-refractivity contribution in [2.24, 2.45) is 0 Å². The molecule has 0 bridgehead atoms. The molecule has 2 aliphatic heterocycles. The number of fused-ring (bicyclic) bond motifs is 1. The first kappa shape index (κ1) is 20.6. The smallest absolute Gasteiger partial charge is 0.293 e. The van der Waals surface area contributed by atoms with Crippen molar-refractivity contribution in [3.63, 3.8) is 0 Å². The minimum absolute atomic E-state index is 0.0385. The number of ether oxygens (including phenoxy) is 3. The van der Waals surface area contributed by atoms with Crippen LogP contribution in [0.15, 0.2) is 38.1 Å². The van der Waals surface area contributed by atoms with Gasteiger partial charge in [0, 0.05) is 21.1 Å². The zero-order chi connectivity index (χ0) is 20.7. The molecule has 0 aliphatic carbocycles. The van der Waals surface area contributed by atoms with Gasteiger partial charge in [-0.2, -0.15) is 0 Å². The quantitative estimate of drug-likeness (QED) is 0.437. The molecule has 0 unspecified atom stereocenters. The SMILES string of the molecule is COc1c(Br)cc(Br)cc1/C=C1/SC(=O)N(Cc2cc3c(cc2Cl)OCO3)C1=O. The van der Waals surface area contributed by atoms with Crippen LogP contribution in [-0.4, -0.2) is 29.9 Å². The number of carbonyl (C=O) groups is 2. The van der Waals surface area contributed by atoms with E-state index < -0.39 is 5.91 Å². The fourth-order valence-electron chi connectivity index (χ4n) is 2.93. The van der Waals surface area contributed by atoms with Gasteiger partial charge in [-0.25, -0.2) is 0 Å². The van der Waals surface area contributed by atoms with Crippen molar-refractivity contribution in [3.8, 4) is 17.2 Å². The van der Waals surface area contributed by atoms with Gasteiger partial charge in [0.1, 0.15) is 5.75 Å². The van der Waals surface area contributed by atoms with Crippen LogP contribution in [0.25, 0.3) is 6.08 Å². The van der Waals surface area contributed by atoms with Crippen LogP contribution >= 0.6 is 55.2 Å². The molecule has 2 aromatic carbocycles. The molecule has 2 heterocycles. The third-order valence-corrected chi connectivity index (χ3v) is 6.58. The largest absolute Gasteiger partial charge is 0.495 e. The lowest BCUT2D eigenvalue weighted by Gasteiger charge is -2.14. The highest BCUT2D eigenvalue weighted by Gasteiger charge is 2.36. The zero-order valence-corrected chi connectivity index (χ0v) is 19.6. The molecule has 2 aliphatic rings. The summed E-state index contributed by atoms with van der Waals surface area (Å²) in [6, 6.07) is 6.96. The van der Waals surface area contributed by atoms with Gasteiger partial charge in [-0.3, -0.25) is 14.5 Å². The van der Waals surface area contributed by atoms with Gasteiger partial charge in [0.25, 0.3) is 11.1 Å². The topological polar surface area (TPSA) is 65.1 Å². The number of imide groups is 1. The van der Waals surface area contributed by atoms with Gasteiger partial charge in [0.2, 0.25) is 6.79 Å². The van der Waals surface area contributed by atoms with E-state index in [2.05, 4.69) is 31.9 Å². The molecule has 10 heteroatoms. The molecule has 0 spiro atoms. The molecule has 4 rings (SSSR count). The van der Waals surface area contributed by atoms with Crippen LogP contribution in [0, 0.1) is 0 Å². The Hall–Kier alpha value is -1.68. The number of thioether (sulfide) groups is 1. The van der Waals surface area contributed by atoms with Crippen LogP contribution in [0.5, 0.6) is 17.2 Å². The molecule has 29 heavy (non-hydrogen) atoms. The van der Waals surface area contributed by atoms with Crippen molar-refractivity contribution in [2.75, 3.05) is 13.9 Å². The van der Waals surface area contributed by atoms with Gasteiger partial charge in [0.15, 0.2) is 11.5 Å². The number of hydrogen-bond donors (Lipinski definition) is 0. The third kappa shape index (κ3) is 4.01. The summed E-state index contributed by atoms with van der Waals surface area (Å²) in [5.74, 6) is 1.25. The van der Waals surface area contributed by atoms with Crippen LogP contribution in [0.2, 0.25) is 5.02 Å². The van der Waals surface area contributed by atoms with E-state index in [-0.39, 0.29) is 18.6 Å². The fourth-order valence-corrected chi connectivity index (χ4v) is 5.39. The standard InChI is InChI=1S/C19H12Br2ClNO5S/c1-26-17-9(2-11(20)5-12(17)21)4-16-18(24)23(19(25)29-16)7-10-3-14-15(6-13(10)22)28-8-27-14/h2-6H,7-8H2,1H3/b16-4+. The second kappa shape index (κ2) is 8.22. The number of methoxy groups -OCH3 is 1. The summed E-state index contributed by atoms with van der Waals surface area (Å²) in [5.41, 5.74) is 1.27. The first-order valence-corrected chi connectivity index (χ1v) is 11.0. The average molecular weight is 562 g/mol. The number of carbonyl (C=O) groups excluding carboxylic acids is 2. The van der Waals surface area contributed by atoms with E-state index in [1.807, 2.05) is 12.1 Å². The minimum atomic E-state index is -0.396. The average Bonchev–Trinajstić information content (AvgIpc) is 3.21. The Balaban J connectivity index is 1.63. The maximum Gasteiger partial charge on any atom is 0.293 e. The number of amides is 2. The van der Waals surface area contributed by atoms with E-state index in [1.54, 1.807) is 25.3 Å². The van der Waals surface area contributed by atoms with E-state index >= 15 is 0 Å².